The minimum Gasteiger partial charge on any atom is -0.508 e. The summed E-state index contributed by atoms with van der Waals surface area (Å²) in [6.45, 7) is 0. The van der Waals surface area contributed by atoms with E-state index in [4.69, 9.17) is 5.73 Å². The lowest BCUT2D eigenvalue weighted by molar-refractivity contribution is 0.474. The second kappa shape index (κ2) is 3.38. The normalized spacial score (nSPS) is 22.1. The molecule has 0 unspecified atom stereocenters. The molecule has 0 amide bonds. The van der Waals surface area contributed by atoms with Gasteiger partial charge in [-0.05, 0) is 42.5 Å². The fourth-order valence-corrected chi connectivity index (χ4v) is 2.01. The summed E-state index contributed by atoms with van der Waals surface area (Å²) in [5, 5.41) is 9.33. The summed E-state index contributed by atoms with van der Waals surface area (Å²) in [5.41, 5.74) is 8.46. The van der Waals surface area contributed by atoms with E-state index in [0.717, 1.165) is 12.8 Å². The summed E-state index contributed by atoms with van der Waals surface area (Å²) in [7, 11) is 0. The Bertz CT molecular complexity index is 309. The number of phenolic OH excluding ortho intramolecular Hbond substituents is 1. The maximum absolute atomic E-state index is 9.33. The van der Waals surface area contributed by atoms with E-state index >= 15 is 0 Å². The lowest BCUT2D eigenvalue weighted by atomic mass is 9.99. The summed E-state index contributed by atoms with van der Waals surface area (Å²) < 4.78 is 0. The molecule has 2 nitrogen and oxygen atoms in total. The number of aromatic hydroxyl groups is 1. The Labute approximate surface area is 78.4 Å². The average Bonchev–Trinajstić information content (AvgIpc) is 2.28. The van der Waals surface area contributed by atoms with Crippen molar-refractivity contribution < 1.29 is 5.11 Å². The van der Waals surface area contributed by atoms with E-state index in [2.05, 4.69) is 0 Å². The summed E-state index contributed by atoms with van der Waals surface area (Å²) in [6, 6.07) is 5.70. The van der Waals surface area contributed by atoms with Gasteiger partial charge in [0.1, 0.15) is 5.75 Å². The first-order valence-electron chi connectivity index (χ1n) is 4.85. The monoisotopic (exact) mass is 177 g/mol. The van der Waals surface area contributed by atoms with Crippen molar-refractivity contribution in [3.05, 3.63) is 29.3 Å². The van der Waals surface area contributed by atoms with E-state index in [9.17, 15) is 5.11 Å². The molecule has 2 rings (SSSR count). The summed E-state index contributed by atoms with van der Waals surface area (Å²) in [6.07, 6.45) is 4.50. The highest BCUT2D eigenvalue weighted by atomic mass is 16.3. The molecule has 0 saturated heterocycles. The second-order valence-electron chi connectivity index (χ2n) is 3.74. The van der Waals surface area contributed by atoms with Crippen LogP contribution in [-0.4, -0.2) is 5.11 Å². The van der Waals surface area contributed by atoms with Gasteiger partial charge in [0.15, 0.2) is 0 Å². The maximum atomic E-state index is 9.33. The molecular formula is C11H15NO. The van der Waals surface area contributed by atoms with Crippen LogP contribution in [0.2, 0.25) is 0 Å². The van der Waals surface area contributed by atoms with Crippen molar-refractivity contribution in [2.75, 3.05) is 0 Å². The van der Waals surface area contributed by atoms with Crippen molar-refractivity contribution >= 4 is 0 Å². The van der Waals surface area contributed by atoms with E-state index in [1.807, 2.05) is 12.1 Å². The lowest BCUT2D eigenvalue weighted by Gasteiger charge is -2.12. The van der Waals surface area contributed by atoms with Crippen LogP contribution in [0.1, 0.15) is 36.4 Å². The number of hydrogen-bond acceptors (Lipinski definition) is 2. The van der Waals surface area contributed by atoms with Crippen LogP contribution in [0.25, 0.3) is 0 Å². The Morgan fingerprint density at radius 2 is 2.15 bits per heavy atom. The number of aryl methyl sites for hydroxylation is 1. The van der Waals surface area contributed by atoms with E-state index < -0.39 is 0 Å². The molecule has 3 N–H and O–H groups in total. The zero-order valence-electron chi connectivity index (χ0n) is 7.66. The molecule has 0 bridgehead atoms. The van der Waals surface area contributed by atoms with Gasteiger partial charge in [-0.1, -0.05) is 12.5 Å². The minimum absolute atomic E-state index is 0.165. The van der Waals surface area contributed by atoms with Gasteiger partial charge in [0.05, 0.1) is 0 Å². The Hall–Kier alpha value is -1.02. The van der Waals surface area contributed by atoms with Gasteiger partial charge in [0.25, 0.3) is 0 Å². The van der Waals surface area contributed by atoms with Crippen LogP contribution < -0.4 is 5.73 Å². The molecule has 1 aliphatic carbocycles. The van der Waals surface area contributed by atoms with E-state index in [1.165, 1.54) is 24.0 Å². The Morgan fingerprint density at radius 1 is 1.31 bits per heavy atom. The van der Waals surface area contributed by atoms with Gasteiger partial charge in [-0.3, -0.25) is 0 Å². The molecular weight excluding hydrogens is 162 g/mol. The molecule has 0 heterocycles. The quantitative estimate of drug-likeness (QED) is 0.596. The first-order chi connectivity index (χ1) is 6.27. The predicted molar refractivity (Wildman–Crippen MR) is 52.6 cm³/mol. The molecule has 1 aromatic carbocycles. The third kappa shape index (κ3) is 1.68. The molecule has 0 saturated carbocycles. The largest absolute Gasteiger partial charge is 0.508 e. The van der Waals surface area contributed by atoms with E-state index in [-0.39, 0.29) is 6.04 Å². The van der Waals surface area contributed by atoms with Crippen molar-refractivity contribution in [3.63, 3.8) is 0 Å². The van der Waals surface area contributed by atoms with Crippen LogP contribution >= 0.6 is 0 Å². The minimum atomic E-state index is 0.165. The van der Waals surface area contributed by atoms with Crippen LogP contribution in [0, 0.1) is 0 Å². The highest BCUT2D eigenvalue weighted by Crippen LogP contribution is 2.29. The molecule has 1 aromatic rings. The van der Waals surface area contributed by atoms with Crippen molar-refractivity contribution in [1.82, 2.24) is 0 Å². The molecule has 1 aliphatic rings. The highest BCUT2D eigenvalue weighted by Gasteiger charge is 2.14. The van der Waals surface area contributed by atoms with Crippen LogP contribution in [0.5, 0.6) is 5.75 Å². The van der Waals surface area contributed by atoms with E-state index in [1.54, 1.807) is 6.07 Å². The highest BCUT2D eigenvalue weighted by molar-refractivity contribution is 5.37. The van der Waals surface area contributed by atoms with Crippen molar-refractivity contribution in [2.45, 2.75) is 31.7 Å². The van der Waals surface area contributed by atoms with Gasteiger partial charge in [0, 0.05) is 6.04 Å². The van der Waals surface area contributed by atoms with Crippen molar-refractivity contribution in [2.24, 2.45) is 5.73 Å². The Balaban J connectivity index is 2.42. The zero-order chi connectivity index (χ0) is 9.26. The van der Waals surface area contributed by atoms with Crippen LogP contribution in [0.15, 0.2) is 18.2 Å². The van der Waals surface area contributed by atoms with Gasteiger partial charge in [-0.25, -0.2) is 0 Å². The second-order valence-corrected chi connectivity index (χ2v) is 3.74. The smallest absolute Gasteiger partial charge is 0.115 e. The Kier molecular flexibility index (Phi) is 2.23. The third-order valence-corrected chi connectivity index (χ3v) is 2.74. The molecule has 0 aromatic heterocycles. The number of rotatable bonds is 0. The molecule has 0 radical (unpaired) electrons. The SMILES string of the molecule is N[C@@H]1CCCCc2cc(O)ccc21. The zero-order valence-corrected chi connectivity index (χ0v) is 7.66. The molecule has 0 fully saturated rings. The predicted octanol–water partition coefficient (Wildman–Crippen LogP) is 2.12. The summed E-state index contributed by atoms with van der Waals surface area (Å²) in [4.78, 5) is 0. The topological polar surface area (TPSA) is 46.2 Å². The Morgan fingerprint density at radius 3 is 3.00 bits per heavy atom. The summed E-state index contributed by atoms with van der Waals surface area (Å²) in [5.74, 6) is 0.354. The molecule has 0 spiro atoms. The maximum Gasteiger partial charge on any atom is 0.115 e. The van der Waals surface area contributed by atoms with Gasteiger partial charge < -0.3 is 10.8 Å². The van der Waals surface area contributed by atoms with Crippen LogP contribution in [0.3, 0.4) is 0 Å². The standard InChI is InChI=1S/C11H15NO/c12-11-4-2-1-3-8-7-9(13)5-6-10(8)11/h5-7,11,13H,1-4,12H2/t11-/m1/s1. The van der Waals surface area contributed by atoms with Crippen LogP contribution in [0.4, 0.5) is 0 Å². The van der Waals surface area contributed by atoms with Crippen molar-refractivity contribution in [1.29, 1.82) is 0 Å². The molecule has 70 valence electrons. The molecule has 2 heteroatoms. The van der Waals surface area contributed by atoms with Gasteiger partial charge in [0.2, 0.25) is 0 Å². The first-order valence-corrected chi connectivity index (χ1v) is 4.85. The van der Waals surface area contributed by atoms with Gasteiger partial charge >= 0.3 is 0 Å². The molecule has 13 heavy (non-hydrogen) atoms. The number of benzene rings is 1. The average molecular weight is 177 g/mol. The third-order valence-electron chi connectivity index (χ3n) is 2.74. The number of fused-ring (bicyclic) bond motifs is 1. The number of phenols is 1. The molecule has 1 atom stereocenters. The fourth-order valence-electron chi connectivity index (χ4n) is 2.01. The summed E-state index contributed by atoms with van der Waals surface area (Å²) >= 11 is 0. The number of nitrogens with two attached hydrogens (primary N) is 1. The fraction of sp³-hybridized carbons (Fsp3) is 0.455. The van der Waals surface area contributed by atoms with Crippen LogP contribution in [-0.2, 0) is 6.42 Å². The van der Waals surface area contributed by atoms with Gasteiger partial charge in [-0.2, -0.15) is 0 Å². The number of hydrogen-bond donors (Lipinski definition) is 2. The van der Waals surface area contributed by atoms with Gasteiger partial charge in [-0.15, -0.1) is 0 Å². The van der Waals surface area contributed by atoms with Crippen molar-refractivity contribution in [3.8, 4) is 5.75 Å². The first kappa shape index (κ1) is 8.57. The lowest BCUT2D eigenvalue weighted by Crippen LogP contribution is -2.10. The molecule has 0 aliphatic heterocycles. The van der Waals surface area contributed by atoms with E-state index in [0.29, 0.717) is 5.75 Å².